The second-order valence-corrected chi connectivity index (χ2v) is 4.95. The summed E-state index contributed by atoms with van der Waals surface area (Å²) < 4.78 is 1.35. The number of hydrogen-bond acceptors (Lipinski definition) is 4. The summed E-state index contributed by atoms with van der Waals surface area (Å²) in [6.07, 6.45) is 0. The first-order valence-electron chi connectivity index (χ1n) is 7.09. The number of quaternary nitrogens is 1. The minimum Gasteiger partial charge on any atom is -0.506 e. The van der Waals surface area contributed by atoms with Crippen LogP contribution in [-0.2, 0) is 7.05 Å². The Morgan fingerprint density at radius 2 is 2.05 bits per heavy atom. The van der Waals surface area contributed by atoms with Crippen molar-refractivity contribution in [3.05, 3.63) is 40.2 Å². The van der Waals surface area contributed by atoms with E-state index in [1.54, 1.807) is 31.3 Å². The Balaban J connectivity index is 2.27. The predicted octanol–water partition coefficient (Wildman–Crippen LogP) is -1.47. The molecule has 5 N–H and O–H groups in total. The lowest BCUT2D eigenvalue weighted by molar-refractivity contribution is -0.654. The highest BCUT2D eigenvalue weighted by Gasteiger charge is 2.20. The van der Waals surface area contributed by atoms with Crippen LogP contribution in [0.4, 0.5) is 0 Å². The second-order valence-electron chi connectivity index (χ2n) is 4.95. The fourth-order valence-corrected chi connectivity index (χ4v) is 2.30. The molecule has 1 aromatic heterocycles. The maximum atomic E-state index is 12.3. The zero-order valence-corrected chi connectivity index (χ0v) is 12.4. The fraction of sp³-hybridized carbons (Fsp3) is 0.333. The van der Waals surface area contributed by atoms with E-state index in [1.807, 2.05) is 5.32 Å². The van der Waals surface area contributed by atoms with E-state index in [-0.39, 0.29) is 17.9 Å². The zero-order valence-electron chi connectivity index (χ0n) is 12.4. The Morgan fingerprint density at radius 1 is 1.32 bits per heavy atom. The van der Waals surface area contributed by atoms with Gasteiger partial charge in [-0.3, -0.25) is 9.59 Å². The lowest BCUT2D eigenvalue weighted by Gasteiger charge is -2.11. The van der Waals surface area contributed by atoms with Gasteiger partial charge in [0.2, 0.25) is 0 Å². The molecule has 2 rings (SSSR count). The van der Waals surface area contributed by atoms with Crippen LogP contribution in [0, 0.1) is 0 Å². The van der Waals surface area contributed by atoms with Crippen molar-refractivity contribution >= 4 is 16.8 Å². The van der Waals surface area contributed by atoms with Gasteiger partial charge >= 0.3 is 0 Å². The van der Waals surface area contributed by atoms with Crippen LogP contribution in [0.1, 0.15) is 10.4 Å². The number of aliphatic hydroxyl groups is 1. The minimum absolute atomic E-state index is 0.0694. The van der Waals surface area contributed by atoms with Crippen molar-refractivity contribution in [1.82, 2.24) is 9.88 Å². The molecule has 0 aliphatic heterocycles. The minimum atomic E-state index is -0.596. The third-order valence-electron chi connectivity index (χ3n) is 3.47. The molecule has 0 aliphatic carbocycles. The number of hydrogen-bond donors (Lipinski definition) is 4. The lowest BCUT2D eigenvalue weighted by Crippen LogP contribution is -2.86. The van der Waals surface area contributed by atoms with Gasteiger partial charge in [0.15, 0.2) is 0 Å². The fourth-order valence-electron chi connectivity index (χ4n) is 2.30. The van der Waals surface area contributed by atoms with E-state index in [2.05, 4.69) is 5.32 Å². The number of aromatic hydroxyl groups is 1. The Hall–Kier alpha value is -2.38. The third kappa shape index (κ3) is 3.10. The van der Waals surface area contributed by atoms with Crippen molar-refractivity contribution in [3.63, 3.8) is 0 Å². The molecule has 7 nitrogen and oxygen atoms in total. The van der Waals surface area contributed by atoms with Crippen molar-refractivity contribution in [3.8, 4) is 5.75 Å². The van der Waals surface area contributed by atoms with E-state index >= 15 is 0 Å². The number of aryl methyl sites for hydroxylation is 1. The molecule has 1 amide bonds. The molecule has 0 saturated carbocycles. The second kappa shape index (κ2) is 7.06. The van der Waals surface area contributed by atoms with Crippen LogP contribution in [-0.4, -0.2) is 46.9 Å². The van der Waals surface area contributed by atoms with Gasteiger partial charge in [-0.25, -0.2) is 0 Å². The highest BCUT2D eigenvalue weighted by atomic mass is 16.3. The number of nitrogens with zero attached hydrogens (tertiary/aromatic N) is 1. The molecule has 0 fully saturated rings. The van der Waals surface area contributed by atoms with Crippen LogP contribution >= 0.6 is 0 Å². The Morgan fingerprint density at radius 3 is 2.77 bits per heavy atom. The SMILES string of the molecule is Cn1c(=O)c(C(=O)NCC[NH2+]CCO)c(O)c2ccccc21. The number of aromatic nitrogens is 1. The number of benzene rings is 1. The van der Waals surface area contributed by atoms with Gasteiger partial charge in [0, 0.05) is 12.4 Å². The first-order chi connectivity index (χ1) is 10.6. The monoisotopic (exact) mass is 306 g/mol. The van der Waals surface area contributed by atoms with Crippen molar-refractivity contribution in [2.45, 2.75) is 0 Å². The normalized spacial score (nSPS) is 10.8. The Kier molecular flexibility index (Phi) is 5.13. The van der Waals surface area contributed by atoms with E-state index < -0.39 is 11.5 Å². The van der Waals surface area contributed by atoms with Crippen LogP contribution in [0.2, 0.25) is 0 Å². The average Bonchev–Trinajstić information content (AvgIpc) is 2.53. The summed E-state index contributed by atoms with van der Waals surface area (Å²) in [5.41, 5.74) is -0.214. The molecular weight excluding hydrogens is 286 g/mol. The standard InChI is InChI=1S/C15H19N3O4/c1-18-11-5-3-2-4-10(11)13(20)12(15(18)22)14(21)17-7-6-16-8-9-19/h2-5,16,19-20H,6-9H2,1H3,(H,17,21)/p+1. The molecule has 0 bridgehead atoms. The smallest absolute Gasteiger partial charge is 0.267 e. The Bertz CT molecular complexity index is 739. The van der Waals surface area contributed by atoms with Crippen molar-refractivity contribution in [2.75, 3.05) is 26.2 Å². The lowest BCUT2D eigenvalue weighted by atomic mass is 10.1. The first-order valence-corrected chi connectivity index (χ1v) is 7.09. The molecule has 2 aromatic rings. The number of fused-ring (bicyclic) bond motifs is 1. The van der Waals surface area contributed by atoms with Crippen molar-refractivity contribution < 1.29 is 20.3 Å². The zero-order chi connectivity index (χ0) is 16.1. The van der Waals surface area contributed by atoms with Crippen LogP contribution in [0.15, 0.2) is 29.1 Å². The van der Waals surface area contributed by atoms with Gasteiger partial charge in [-0.15, -0.1) is 0 Å². The van der Waals surface area contributed by atoms with Gasteiger partial charge in [-0.05, 0) is 12.1 Å². The summed E-state index contributed by atoms with van der Waals surface area (Å²) in [5.74, 6) is -0.892. The van der Waals surface area contributed by atoms with E-state index in [9.17, 15) is 14.7 Å². The molecule has 0 unspecified atom stereocenters. The van der Waals surface area contributed by atoms with E-state index in [0.717, 1.165) is 0 Å². The van der Waals surface area contributed by atoms with Gasteiger partial charge in [0.25, 0.3) is 11.5 Å². The van der Waals surface area contributed by atoms with Crippen LogP contribution in [0.3, 0.4) is 0 Å². The van der Waals surface area contributed by atoms with Crippen molar-refractivity contribution in [1.29, 1.82) is 0 Å². The number of pyridine rings is 1. The summed E-state index contributed by atoms with van der Waals surface area (Å²) in [6, 6.07) is 6.87. The van der Waals surface area contributed by atoms with Gasteiger partial charge in [0.1, 0.15) is 11.3 Å². The average molecular weight is 306 g/mol. The summed E-state index contributed by atoms with van der Waals surface area (Å²) in [5, 5.41) is 23.8. The number of nitrogens with one attached hydrogen (secondary N) is 1. The molecular formula is C15H20N3O4+. The third-order valence-corrected chi connectivity index (χ3v) is 3.47. The van der Waals surface area contributed by atoms with Gasteiger partial charge in [-0.2, -0.15) is 0 Å². The van der Waals surface area contributed by atoms with Gasteiger partial charge in [-0.1, -0.05) is 12.1 Å². The number of aliphatic hydroxyl groups excluding tert-OH is 1. The molecule has 0 spiro atoms. The molecule has 7 heteroatoms. The van der Waals surface area contributed by atoms with Crippen LogP contribution in [0.5, 0.6) is 5.75 Å². The number of nitrogens with two attached hydrogens (primary N) is 1. The van der Waals surface area contributed by atoms with Gasteiger partial charge in [0.05, 0.1) is 31.8 Å². The Labute approximate surface area is 127 Å². The molecule has 118 valence electrons. The molecule has 0 radical (unpaired) electrons. The van der Waals surface area contributed by atoms with Crippen molar-refractivity contribution in [2.24, 2.45) is 7.05 Å². The summed E-state index contributed by atoms with van der Waals surface area (Å²) in [4.78, 5) is 24.4. The summed E-state index contributed by atoms with van der Waals surface area (Å²) >= 11 is 0. The first kappa shape index (κ1) is 16.0. The highest BCUT2D eigenvalue weighted by molar-refractivity contribution is 6.02. The maximum Gasteiger partial charge on any atom is 0.267 e. The van der Waals surface area contributed by atoms with Crippen LogP contribution < -0.4 is 16.2 Å². The van der Waals surface area contributed by atoms with E-state index in [0.29, 0.717) is 30.5 Å². The van der Waals surface area contributed by atoms with E-state index in [4.69, 9.17) is 5.11 Å². The molecule has 0 aliphatic rings. The molecule has 0 atom stereocenters. The molecule has 1 heterocycles. The number of carbonyl (C=O) groups is 1. The van der Waals surface area contributed by atoms with Crippen LogP contribution in [0.25, 0.3) is 10.9 Å². The summed E-state index contributed by atoms with van der Waals surface area (Å²) in [7, 11) is 1.57. The van der Waals surface area contributed by atoms with E-state index in [1.165, 1.54) is 4.57 Å². The topological polar surface area (TPSA) is 108 Å². The number of amides is 1. The largest absolute Gasteiger partial charge is 0.506 e. The number of rotatable bonds is 6. The number of carbonyl (C=O) groups excluding carboxylic acids is 1. The highest BCUT2D eigenvalue weighted by Crippen LogP contribution is 2.25. The number of para-hydroxylation sites is 1. The molecule has 1 aromatic carbocycles. The summed E-state index contributed by atoms with van der Waals surface area (Å²) in [6.45, 7) is 1.55. The van der Waals surface area contributed by atoms with Gasteiger partial charge < -0.3 is 25.4 Å². The molecule has 0 saturated heterocycles. The molecule has 22 heavy (non-hydrogen) atoms. The quantitative estimate of drug-likeness (QED) is 0.489. The maximum absolute atomic E-state index is 12.3. The predicted molar refractivity (Wildman–Crippen MR) is 81.9 cm³/mol.